The van der Waals surface area contributed by atoms with Gasteiger partial charge in [0, 0.05) is 17.9 Å². The third kappa shape index (κ3) is 3.40. The zero-order chi connectivity index (χ0) is 17.3. The minimum absolute atomic E-state index is 0.0197. The fourth-order valence-corrected chi connectivity index (χ4v) is 3.85. The average Bonchev–Trinajstić information content (AvgIpc) is 3.03. The van der Waals surface area contributed by atoms with E-state index < -0.39 is 28.8 Å². The van der Waals surface area contributed by atoms with Crippen LogP contribution in [0.1, 0.15) is 26.9 Å². The maximum absolute atomic E-state index is 13.4. The largest absolute Gasteiger partial charge is 0.416 e. The summed E-state index contributed by atoms with van der Waals surface area (Å²) < 4.78 is 51.9. The second-order valence-electron chi connectivity index (χ2n) is 5.36. The minimum Gasteiger partial charge on any atom is -0.322 e. The van der Waals surface area contributed by atoms with Crippen LogP contribution in [0, 0.1) is 5.82 Å². The molecule has 1 saturated heterocycles. The van der Waals surface area contributed by atoms with E-state index in [9.17, 15) is 22.4 Å². The number of amides is 1. The van der Waals surface area contributed by atoms with Crippen molar-refractivity contribution in [3.63, 3.8) is 0 Å². The van der Waals surface area contributed by atoms with Crippen LogP contribution in [0.4, 0.5) is 17.6 Å². The Kier molecular flexibility index (Phi) is 4.54. The van der Waals surface area contributed by atoms with Crippen molar-refractivity contribution in [1.29, 1.82) is 0 Å². The van der Waals surface area contributed by atoms with Gasteiger partial charge in [-0.1, -0.05) is 18.2 Å². The first-order valence-corrected chi connectivity index (χ1v) is 8.26. The summed E-state index contributed by atoms with van der Waals surface area (Å²) in [5.74, 6) is -0.252. The van der Waals surface area contributed by atoms with Crippen LogP contribution < -0.4 is 0 Å². The van der Waals surface area contributed by atoms with E-state index in [0.29, 0.717) is 17.9 Å². The summed E-state index contributed by atoms with van der Waals surface area (Å²) in [4.78, 5) is 14.1. The van der Waals surface area contributed by atoms with Gasteiger partial charge in [0.15, 0.2) is 0 Å². The molecular weight excluding hydrogens is 342 g/mol. The zero-order valence-corrected chi connectivity index (χ0v) is 13.2. The van der Waals surface area contributed by atoms with E-state index >= 15 is 0 Å². The van der Waals surface area contributed by atoms with E-state index in [2.05, 4.69) is 0 Å². The number of carbonyl (C=O) groups is 1. The van der Waals surface area contributed by atoms with Gasteiger partial charge in [0.05, 0.1) is 5.56 Å². The molecule has 0 bridgehead atoms. The molecule has 0 saturated carbocycles. The minimum atomic E-state index is -4.50. The number of alkyl halides is 3. The first kappa shape index (κ1) is 16.8. The molecule has 1 aliphatic heterocycles. The van der Waals surface area contributed by atoms with Crippen molar-refractivity contribution < 1.29 is 22.4 Å². The van der Waals surface area contributed by atoms with Gasteiger partial charge in [-0.05, 0) is 35.9 Å². The zero-order valence-electron chi connectivity index (χ0n) is 12.4. The Morgan fingerprint density at radius 3 is 2.58 bits per heavy atom. The van der Waals surface area contributed by atoms with Crippen molar-refractivity contribution >= 4 is 17.7 Å². The molecule has 24 heavy (non-hydrogen) atoms. The lowest BCUT2D eigenvalue weighted by Gasteiger charge is -2.24. The Morgan fingerprint density at radius 2 is 1.88 bits per heavy atom. The van der Waals surface area contributed by atoms with Crippen molar-refractivity contribution in [3.05, 3.63) is 71.0 Å². The lowest BCUT2D eigenvalue weighted by Crippen LogP contribution is -2.30. The van der Waals surface area contributed by atoms with Crippen LogP contribution in [0.15, 0.2) is 48.5 Å². The molecule has 126 valence electrons. The number of benzene rings is 2. The summed E-state index contributed by atoms with van der Waals surface area (Å²) in [7, 11) is 0. The Morgan fingerprint density at radius 1 is 1.12 bits per heavy atom. The maximum atomic E-state index is 13.4. The quantitative estimate of drug-likeness (QED) is 0.726. The highest BCUT2D eigenvalue weighted by Gasteiger charge is 2.34. The molecule has 2 aromatic carbocycles. The topological polar surface area (TPSA) is 20.3 Å². The summed E-state index contributed by atoms with van der Waals surface area (Å²) in [6.45, 7) is 0.404. The van der Waals surface area contributed by atoms with Crippen LogP contribution in [-0.4, -0.2) is 23.1 Å². The van der Waals surface area contributed by atoms with Gasteiger partial charge in [-0.2, -0.15) is 13.2 Å². The number of thioether (sulfide) groups is 1. The molecule has 2 aromatic rings. The van der Waals surface area contributed by atoms with E-state index in [1.807, 2.05) is 0 Å². The Labute approximate surface area is 140 Å². The van der Waals surface area contributed by atoms with Gasteiger partial charge < -0.3 is 4.90 Å². The molecule has 3 rings (SSSR count). The first-order chi connectivity index (χ1) is 11.4. The average molecular weight is 355 g/mol. The summed E-state index contributed by atoms with van der Waals surface area (Å²) in [6.07, 6.45) is -4.50. The van der Waals surface area contributed by atoms with Gasteiger partial charge >= 0.3 is 6.18 Å². The van der Waals surface area contributed by atoms with E-state index in [1.54, 1.807) is 12.1 Å². The van der Waals surface area contributed by atoms with Gasteiger partial charge in [0.25, 0.3) is 5.91 Å². The summed E-state index contributed by atoms with van der Waals surface area (Å²) in [6, 6.07) is 10.3. The molecule has 1 fully saturated rings. The number of carbonyl (C=O) groups excluding carboxylic acids is 1. The fourth-order valence-electron chi connectivity index (χ4n) is 2.61. The summed E-state index contributed by atoms with van der Waals surface area (Å²) in [5.41, 5.74) is -0.256. The highest BCUT2D eigenvalue weighted by Crippen LogP contribution is 2.39. The van der Waals surface area contributed by atoms with Crippen LogP contribution in [0.3, 0.4) is 0 Å². The molecule has 1 atom stereocenters. The third-order valence-corrected chi connectivity index (χ3v) is 4.98. The van der Waals surface area contributed by atoms with E-state index in [-0.39, 0.29) is 5.56 Å². The van der Waals surface area contributed by atoms with Gasteiger partial charge in [-0.3, -0.25) is 4.79 Å². The highest BCUT2D eigenvalue weighted by atomic mass is 32.2. The second kappa shape index (κ2) is 6.47. The SMILES string of the molecule is O=C(c1cccc(C(F)(F)F)c1)N1CCS[C@@H]1c1cccc(F)c1. The predicted molar refractivity (Wildman–Crippen MR) is 84.1 cm³/mol. The van der Waals surface area contributed by atoms with Gasteiger partial charge in [-0.25, -0.2) is 4.39 Å². The molecule has 0 spiro atoms. The molecule has 1 amide bonds. The predicted octanol–water partition coefficient (Wildman–Crippen LogP) is 4.73. The standard InChI is InChI=1S/C17H13F4NOS/c18-14-6-2-4-12(10-14)16-22(7-8-24-16)15(23)11-3-1-5-13(9-11)17(19,20)21/h1-6,9-10,16H,7-8H2/t16-/m1/s1. The third-order valence-electron chi connectivity index (χ3n) is 3.72. The molecule has 0 aromatic heterocycles. The molecule has 0 radical (unpaired) electrons. The van der Waals surface area contributed by atoms with Gasteiger partial charge in [0.1, 0.15) is 11.2 Å². The molecule has 2 nitrogen and oxygen atoms in total. The summed E-state index contributed by atoms with van der Waals surface area (Å²) >= 11 is 1.46. The fraction of sp³-hybridized carbons (Fsp3) is 0.235. The van der Waals surface area contributed by atoms with Crippen molar-refractivity contribution in [2.24, 2.45) is 0 Å². The number of rotatable bonds is 2. The maximum Gasteiger partial charge on any atom is 0.416 e. The second-order valence-corrected chi connectivity index (χ2v) is 6.54. The summed E-state index contributed by atoms with van der Waals surface area (Å²) in [5, 5.41) is -0.400. The molecule has 1 aliphatic rings. The van der Waals surface area contributed by atoms with Crippen LogP contribution in [0.2, 0.25) is 0 Å². The van der Waals surface area contributed by atoms with Crippen molar-refractivity contribution in [2.45, 2.75) is 11.6 Å². The van der Waals surface area contributed by atoms with E-state index in [0.717, 1.165) is 12.1 Å². The highest BCUT2D eigenvalue weighted by molar-refractivity contribution is 7.99. The molecule has 0 aliphatic carbocycles. The number of hydrogen-bond donors (Lipinski definition) is 0. The number of nitrogens with zero attached hydrogens (tertiary/aromatic N) is 1. The lowest BCUT2D eigenvalue weighted by atomic mass is 10.1. The molecule has 0 N–H and O–H groups in total. The lowest BCUT2D eigenvalue weighted by molar-refractivity contribution is -0.137. The monoisotopic (exact) mass is 355 g/mol. The van der Waals surface area contributed by atoms with Crippen LogP contribution in [0.25, 0.3) is 0 Å². The molecule has 0 unspecified atom stereocenters. The number of halogens is 4. The van der Waals surface area contributed by atoms with E-state index in [1.165, 1.54) is 40.9 Å². The molecule has 1 heterocycles. The molecular formula is C17H13F4NOS. The smallest absolute Gasteiger partial charge is 0.322 e. The van der Waals surface area contributed by atoms with Crippen LogP contribution >= 0.6 is 11.8 Å². The first-order valence-electron chi connectivity index (χ1n) is 7.21. The van der Waals surface area contributed by atoms with Crippen molar-refractivity contribution in [3.8, 4) is 0 Å². The van der Waals surface area contributed by atoms with Crippen molar-refractivity contribution in [1.82, 2.24) is 4.90 Å². The van der Waals surface area contributed by atoms with Crippen LogP contribution in [-0.2, 0) is 6.18 Å². The van der Waals surface area contributed by atoms with Gasteiger partial charge in [-0.15, -0.1) is 11.8 Å². The van der Waals surface area contributed by atoms with Crippen molar-refractivity contribution in [2.75, 3.05) is 12.3 Å². The number of hydrogen-bond acceptors (Lipinski definition) is 2. The van der Waals surface area contributed by atoms with Crippen LogP contribution in [0.5, 0.6) is 0 Å². The van der Waals surface area contributed by atoms with Gasteiger partial charge in [0.2, 0.25) is 0 Å². The Balaban J connectivity index is 1.89. The normalized spacial score (nSPS) is 18.0. The van der Waals surface area contributed by atoms with E-state index in [4.69, 9.17) is 0 Å². The molecule has 7 heteroatoms. The Bertz CT molecular complexity index is 762. The Hall–Kier alpha value is -2.02.